The van der Waals surface area contributed by atoms with Gasteiger partial charge < -0.3 is 9.32 Å². The molecule has 118 valence electrons. The highest BCUT2D eigenvalue weighted by atomic mass is 32.2. The van der Waals surface area contributed by atoms with Gasteiger partial charge in [-0.3, -0.25) is 9.48 Å². The third kappa shape index (κ3) is 2.29. The summed E-state index contributed by atoms with van der Waals surface area (Å²) in [5.41, 5.74) is 2.09. The van der Waals surface area contributed by atoms with Crippen LogP contribution in [0.3, 0.4) is 0 Å². The summed E-state index contributed by atoms with van der Waals surface area (Å²) in [6.45, 7) is 2.56. The highest BCUT2D eigenvalue weighted by molar-refractivity contribution is 7.99. The molecule has 0 fully saturated rings. The molecule has 8 heteroatoms. The number of hydrogen-bond donors (Lipinski definition) is 0. The summed E-state index contributed by atoms with van der Waals surface area (Å²) in [6, 6.07) is 3.85. The highest BCUT2D eigenvalue weighted by Gasteiger charge is 2.32. The van der Waals surface area contributed by atoms with Crippen molar-refractivity contribution in [1.82, 2.24) is 14.8 Å². The molecular weight excluding hydrogens is 332 g/mol. The van der Waals surface area contributed by atoms with Crippen molar-refractivity contribution >= 4 is 34.7 Å². The van der Waals surface area contributed by atoms with Gasteiger partial charge in [-0.2, -0.15) is 5.10 Å². The normalized spacial score (nSPS) is 14.1. The molecule has 23 heavy (non-hydrogen) atoms. The number of thioether (sulfide) groups is 1. The van der Waals surface area contributed by atoms with E-state index in [9.17, 15) is 4.79 Å². The first kappa shape index (κ1) is 14.5. The quantitative estimate of drug-likeness (QED) is 0.713. The third-order valence-corrected chi connectivity index (χ3v) is 5.71. The molecule has 1 amide bonds. The van der Waals surface area contributed by atoms with Gasteiger partial charge >= 0.3 is 0 Å². The lowest BCUT2D eigenvalue weighted by atomic mass is 10.2. The van der Waals surface area contributed by atoms with Gasteiger partial charge in [0.25, 0.3) is 5.91 Å². The molecular formula is C15H14N4O2S2. The van der Waals surface area contributed by atoms with Gasteiger partial charge in [0.15, 0.2) is 17.8 Å². The molecule has 0 spiro atoms. The third-order valence-electron chi connectivity index (χ3n) is 3.72. The van der Waals surface area contributed by atoms with E-state index >= 15 is 0 Å². The van der Waals surface area contributed by atoms with E-state index in [1.807, 2.05) is 36.2 Å². The van der Waals surface area contributed by atoms with E-state index in [1.165, 1.54) is 17.7 Å². The zero-order chi connectivity index (χ0) is 16.0. The van der Waals surface area contributed by atoms with Crippen molar-refractivity contribution < 1.29 is 9.21 Å². The van der Waals surface area contributed by atoms with Crippen molar-refractivity contribution in [2.75, 3.05) is 17.2 Å². The number of carbonyl (C=O) groups is 1. The number of oxazole rings is 1. The van der Waals surface area contributed by atoms with Crippen molar-refractivity contribution in [3.8, 4) is 10.6 Å². The van der Waals surface area contributed by atoms with E-state index in [-0.39, 0.29) is 5.91 Å². The molecule has 0 radical (unpaired) electrons. The second-order valence-electron chi connectivity index (χ2n) is 5.18. The molecule has 1 aliphatic rings. The molecule has 1 aliphatic heterocycles. The summed E-state index contributed by atoms with van der Waals surface area (Å²) in [5.74, 6) is 1.23. The Morgan fingerprint density at radius 1 is 1.43 bits per heavy atom. The number of aryl methyl sites for hydroxylation is 2. The van der Waals surface area contributed by atoms with Gasteiger partial charge in [-0.25, -0.2) is 4.98 Å². The van der Waals surface area contributed by atoms with E-state index in [0.717, 1.165) is 27.0 Å². The smallest absolute Gasteiger partial charge is 0.281 e. The van der Waals surface area contributed by atoms with Crippen LogP contribution in [0.15, 0.2) is 33.3 Å². The topological polar surface area (TPSA) is 64.2 Å². The number of fused-ring (bicyclic) bond motifs is 1. The SMILES string of the molecule is Cc1nn(C)c2c1N(C(=O)c1ncoc1-c1cccs1)CCS2. The van der Waals surface area contributed by atoms with Gasteiger partial charge in [-0.1, -0.05) is 6.07 Å². The molecule has 0 bridgehead atoms. The van der Waals surface area contributed by atoms with Crippen LogP contribution < -0.4 is 4.90 Å². The molecule has 3 aromatic rings. The fourth-order valence-corrected chi connectivity index (χ4v) is 4.56. The average Bonchev–Trinajstić information content (AvgIpc) is 3.27. The van der Waals surface area contributed by atoms with Crippen molar-refractivity contribution in [2.45, 2.75) is 11.9 Å². The van der Waals surface area contributed by atoms with E-state index in [4.69, 9.17) is 4.42 Å². The number of rotatable bonds is 2. The summed E-state index contributed by atoms with van der Waals surface area (Å²) in [7, 11) is 1.90. The Bertz CT molecular complexity index is 866. The monoisotopic (exact) mass is 346 g/mol. The molecule has 0 aromatic carbocycles. The standard InChI is InChI=1S/C15H14N4O2S2/c1-9-12-15(18(2)17-9)23-7-5-19(12)14(20)11-13(21-8-16-11)10-4-3-6-22-10/h3-4,6,8H,5,7H2,1-2H3. The summed E-state index contributed by atoms with van der Waals surface area (Å²) in [5, 5.41) is 7.41. The second-order valence-corrected chi connectivity index (χ2v) is 7.21. The molecule has 3 aromatic heterocycles. The van der Waals surface area contributed by atoms with Crippen molar-refractivity contribution in [1.29, 1.82) is 0 Å². The predicted octanol–water partition coefficient (Wildman–Crippen LogP) is 3.20. The van der Waals surface area contributed by atoms with E-state index in [2.05, 4.69) is 10.1 Å². The molecule has 4 heterocycles. The lowest BCUT2D eigenvalue weighted by Gasteiger charge is -2.26. The van der Waals surface area contributed by atoms with Crippen LogP contribution in [0.25, 0.3) is 10.6 Å². The minimum atomic E-state index is -0.139. The van der Waals surface area contributed by atoms with E-state index in [0.29, 0.717) is 18.0 Å². The Balaban J connectivity index is 1.77. The first-order valence-corrected chi connectivity index (χ1v) is 8.99. The molecule has 0 atom stereocenters. The molecule has 0 N–H and O–H groups in total. The Kier molecular flexibility index (Phi) is 3.50. The van der Waals surface area contributed by atoms with E-state index < -0.39 is 0 Å². The number of nitrogens with zero attached hydrogens (tertiary/aromatic N) is 4. The van der Waals surface area contributed by atoms with Crippen LogP contribution in [0.4, 0.5) is 5.69 Å². The maximum absolute atomic E-state index is 13.1. The van der Waals surface area contributed by atoms with Crippen LogP contribution in [0.2, 0.25) is 0 Å². The Morgan fingerprint density at radius 2 is 2.30 bits per heavy atom. The molecule has 0 saturated heterocycles. The van der Waals surface area contributed by atoms with Gasteiger partial charge in [0.05, 0.1) is 16.3 Å². The minimum absolute atomic E-state index is 0.139. The van der Waals surface area contributed by atoms with Crippen LogP contribution in [-0.2, 0) is 7.05 Å². The summed E-state index contributed by atoms with van der Waals surface area (Å²) in [6.07, 6.45) is 1.33. The van der Waals surface area contributed by atoms with Gasteiger partial charge in [0.1, 0.15) is 5.03 Å². The van der Waals surface area contributed by atoms with Crippen LogP contribution in [-0.4, -0.2) is 33.0 Å². The number of anilines is 1. The lowest BCUT2D eigenvalue weighted by molar-refractivity contribution is 0.0983. The highest BCUT2D eigenvalue weighted by Crippen LogP contribution is 2.38. The second kappa shape index (κ2) is 5.54. The van der Waals surface area contributed by atoms with E-state index in [1.54, 1.807) is 16.7 Å². The number of hydrogen-bond acceptors (Lipinski definition) is 6. The molecule has 0 unspecified atom stereocenters. The lowest BCUT2D eigenvalue weighted by Crippen LogP contribution is -2.36. The first-order valence-electron chi connectivity index (χ1n) is 7.12. The van der Waals surface area contributed by atoms with Gasteiger partial charge in [-0.15, -0.1) is 23.1 Å². The summed E-state index contributed by atoms with van der Waals surface area (Å²) >= 11 is 3.25. The Labute approximate surface area is 141 Å². The molecule has 6 nitrogen and oxygen atoms in total. The molecule has 4 rings (SSSR count). The maximum Gasteiger partial charge on any atom is 0.281 e. The van der Waals surface area contributed by atoms with Gasteiger partial charge in [-0.05, 0) is 18.4 Å². The maximum atomic E-state index is 13.1. The fourth-order valence-electron chi connectivity index (χ4n) is 2.76. The van der Waals surface area contributed by atoms with Crippen LogP contribution in [0, 0.1) is 6.92 Å². The van der Waals surface area contributed by atoms with Crippen molar-refractivity contribution in [3.05, 3.63) is 35.3 Å². The first-order chi connectivity index (χ1) is 11.2. The number of carbonyl (C=O) groups excluding carboxylic acids is 1. The van der Waals surface area contributed by atoms with Gasteiger partial charge in [0.2, 0.25) is 0 Å². The van der Waals surface area contributed by atoms with Crippen LogP contribution in [0.1, 0.15) is 16.2 Å². The number of aromatic nitrogens is 3. The largest absolute Gasteiger partial charge is 0.442 e. The molecule has 0 aliphatic carbocycles. The van der Waals surface area contributed by atoms with Crippen molar-refractivity contribution in [3.63, 3.8) is 0 Å². The Hall–Kier alpha value is -2.06. The number of amides is 1. The zero-order valence-corrected chi connectivity index (χ0v) is 14.3. The predicted molar refractivity (Wildman–Crippen MR) is 90.2 cm³/mol. The van der Waals surface area contributed by atoms with Crippen LogP contribution in [0.5, 0.6) is 0 Å². The van der Waals surface area contributed by atoms with Gasteiger partial charge in [0, 0.05) is 19.3 Å². The molecule has 0 saturated carbocycles. The minimum Gasteiger partial charge on any atom is -0.442 e. The number of thiophene rings is 1. The van der Waals surface area contributed by atoms with Crippen molar-refractivity contribution in [2.24, 2.45) is 7.05 Å². The average molecular weight is 346 g/mol. The fraction of sp³-hybridized carbons (Fsp3) is 0.267. The summed E-state index contributed by atoms with van der Waals surface area (Å²) < 4.78 is 7.30. The van der Waals surface area contributed by atoms with Crippen LogP contribution >= 0.6 is 23.1 Å². The zero-order valence-electron chi connectivity index (χ0n) is 12.6. The summed E-state index contributed by atoms with van der Waals surface area (Å²) in [4.78, 5) is 19.9. The Morgan fingerprint density at radius 3 is 3.09 bits per heavy atom.